The molecule has 1 aromatic heterocycles. The van der Waals surface area contributed by atoms with Crippen molar-refractivity contribution in [2.75, 3.05) is 62.2 Å². The van der Waals surface area contributed by atoms with Crippen LogP contribution in [-0.4, -0.2) is 79.1 Å². The Morgan fingerprint density at radius 2 is 1.57 bits per heavy atom. The zero-order valence-electron chi connectivity index (χ0n) is 16.8. The molecule has 0 atom stereocenters. The molecular weight excluding hydrogens is 370 g/mol. The van der Waals surface area contributed by atoms with E-state index in [1.165, 1.54) is 5.69 Å². The number of hydrogen-bond donors (Lipinski definition) is 0. The third kappa shape index (κ3) is 4.15. The fraction of sp³-hybridized carbons (Fsp3) is 0.524. The summed E-state index contributed by atoms with van der Waals surface area (Å²) in [7, 11) is 0. The minimum Gasteiger partial charge on any atom is -0.368 e. The number of aromatic nitrogens is 1. The van der Waals surface area contributed by atoms with Gasteiger partial charge in [-0.05, 0) is 26.0 Å². The first-order valence-electron chi connectivity index (χ1n) is 10.2. The lowest BCUT2D eigenvalue weighted by atomic mass is 10.2. The Kier molecular flexibility index (Phi) is 5.82. The Hall–Kier alpha value is -2.12. The van der Waals surface area contributed by atoms with Gasteiger partial charge in [0.15, 0.2) is 5.13 Å². The summed E-state index contributed by atoms with van der Waals surface area (Å²) in [6.07, 6.45) is 0. The number of nitrogens with zero attached hydrogens (tertiary/aromatic N) is 5. The van der Waals surface area contributed by atoms with Gasteiger partial charge in [0, 0.05) is 69.5 Å². The molecule has 0 spiro atoms. The van der Waals surface area contributed by atoms with E-state index < -0.39 is 0 Å². The van der Waals surface area contributed by atoms with Gasteiger partial charge in [0.2, 0.25) is 0 Å². The maximum absolute atomic E-state index is 12.8. The van der Waals surface area contributed by atoms with Crippen molar-refractivity contribution < 1.29 is 4.79 Å². The van der Waals surface area contributed by atoms with Crippen molar-refractivity contribution in [1.29, 1.82) is 0 Å². The van der Waals surface area contributed by atoms with E-state index in [-0.39, 0.29) is 5.91 Å². The van der Waals surface area contributed by atoms with Gasteiger partial charge < -0.3 is 14.7 Å². The third-order valence-corrected chi connectivity index (χ3v) is 6.62. The quantitative estimate of drug-likeness (QED) is 0.791. The SMILES string of the molecule is CC(C)N1CCN(C(=O)c2csc(N3CCN(c4ccccc4)CC3)n2)CC1. The normalized spacial score (nSPS) is 18.8. The average molecular weight is 400 g/mol. The molecule has 0 bridgehead atoms. The lowest BCUT2D eigenvalue weighted by molar-refractivity contribution is 0.0591. The van der Waals surface area contributed by atoms with Crippen molar-refractivity contribution in [3.63, 3.8) is 0 Å². The molecule has 0 N–H and O–H groups in total. The van der Waals surface area contributed by atoms with Crippen LogP contribution in [0.5, 0.6) is 0 Å². The highest BCUT2D eigenvalue weighted by Crippen LogP contribution is 2.24. The Labute approximate surface area is 171 Å². The van der Waals surface area contributed by atoms with E-state index in [1.54, 1.807) is 11.3 Å². The molecule has 0 unspecified atom stereocenters. The van der Waals surface area contributed by atoms with Crippen LogP contribution in [-0.2, 0) is 0 Å². The highest BCUT2D eigenvalue weighted by Gasteiger charge is 2.26. The monoisotopic (exact) mass is 399 g/mol. The minimum atomic E-state index is 0.0776. The summed E-state index contributed by atoms with van der Waals surface area (Å²) in [5.74, 6) is 0.0776. The van der Waals surface area contributed by atoms with Gasteiger partial charge in [0.1, 0.15) is 5.69 Å². The number of amides is 1. The van der Waals surface area contributed by atoms with Gasteiger partial charge in [-0.1, -0.05) is 18.2 Å². The van der Waals surface area contributed by atoms with E-state index >= 15 is 0 Å². The summed E-state index contributed by atoms with van der Waals surface area (Å²) in [5, 5.41) is 2.90. The number of carbonyl (C=O) groups excluding carboxylic acids is 1. The summed E-state index contributed by atoms with van der Waals surface area (Å²) < 4.78 is 0. The zero-order chi connectivity index (χ0) is 19.5. The Morgan fingerprint density at radius 1 is 0.929 bits per heavy atom. The molecule has 4 rings (SSSR count). The van der Waals surface area contributed by atoms with Crippen LogP contribution in [0.25, 0.3) is 0 Å². The van der Waals surface area contributed by atoms with Gasteiger partial charge in [0.05, 0.1) is 0 Å². The van der Waals surface area contributed by atoms with Crippen LogP contribution in [0, 0.1) is 0 Å². The molecular formula is C21H29N5OS. The third-order valence-electron chi connectivity index (χ3n) is 5.71. The maximum Gasteiger partial charge on any atom is 0.273 e. The van der Waals surface area contributed by atoms with Gasteiger partial charge >= 0.3 is 0 Å². The molecule has 2 aliphatic heterocycles. The van der Waals surface area contributed by atoms with Gasteiger partial charge in [-0.15, -0.1) is 11.3 Å². The second kappa shape index (κ2) is 8.49. The average Bonchev–Trinajstić information content (AvgIpc) is 3.24. The molecule has 1 aromatic carbocycles. The highest BCUT2D eigenvalue weighted by atomic mass is 32.1. The molecule has 6 nitrogen and oxygen atoms in total. The number of thiazole rings is 1. The second-order valence-electron chi connectivity index (χ2n) is 7.75. The number of benzene rings is 1. The molecule has 28 heavy (non-hydrogen) atoms. The van der Waals surface area contributed by atoms with E-state index in [2.05, 4.69) is 63.9 Å². The summed E-state index contributed by atoms with van der Waals surface area (Å²) in [4.78, 5) is 26.6. The zero-order valence-corrected chi connectivity index (χ0v) is 17.6. The maximum atomic E-state index is 12.8. The van der Waals surface area contributed by atoms with E-state index in [1.807, 2.05) is 10.3 Å². The molecule has 1 amide bonds. The molecule has 2 aliphatic rings. The van der Waals surface area contributed by atoms with Crippen molar-refractivity contribution in [2.45, 2.75) is 19.9 Å². The van der Waals surface area contributed by atoms with Gasteiger partial charge in [-0.3, -0.25) is 9.69 Å². The van der Waals surface area contributed by atoms with Gasteiger partial charge in [-0.25, -0.2) is 4.98 Å². The summed E-state index contributed by atoms with van der Waals surface area (Å²) in [5.41, 5.74) is 1.88. The number of para-hydroxylation sites is 1. The van der Waals surface area contributed by atoms with Gasteiger partial charge in [0.25, 0.3) is 5.91 Å². The standard InChI is InChI=1S/C21H29N5OS/c1-17(2)23-8-12-25(13-9-23)20(27)19-16-28-21(22-19)26-14-10-24(11-15-26)18-6-4-3-5-7-18/h3-7,16-17H,8-15H2,1-2H3. The number of carbonyl (C=O) groups is 1. The summed E-state index contributed by atoms with van der Waals surface area (Å²) in [6.45, 7) is 11.7. The highest BCUT2D eigenvalue weighted by molar-refractivity contribution is 7.13. The predicted octanol–water partition coefficient (Wildman–Crippen LogP) is 2.64. The largest absolute Gasteiger partial charge is 0.368 e. The molecule has 0 saturated carbocycles. The van der Waals surface area contributed by atoms with Crippen LogP contribution in [0.3, 0.4) is 0 Å². The van der Waals surface area contributed by atoms with Crippen LogP contribution < -0.4 is 9.80 Å². The number of rotatable bonds is 4. The molecule has 2 aromatic rings. The smallest absolute Gasteiger partial charge is 0.273 e. The van der Waals surface area contributed by atoms with Crippen molar-refractivity contribution >= 4 is 28.1 Å². The number of hydrogen-bond acceptors (Lipinski definition) is 6. The van der Waals surface area contributed by atoms with Crippen molar-refractivity contribution in [3.8, 4) is 0 Å². The molecule has 7 heteroatoms. The fourth-order valence-electron chi connectivity index (χ4n) is 3.91. The van der Waals surface area contributed by atoms with Crippen LogP contribution in [0.4, 0.5) is 10.8 Å². The van der Waals surface area contributed by atoms with Crippen molar-refractivity contribution in [2.24, 2.45) is 0 Å². The van der Waals surface area contributed by atoms with E-state index in [4.69, 9.17) is 0 Å². The lowest BCUT2D eigenvalue weighted by Crippen LogP contribution is -2.50. The first kappa shape index (κ1) is 19.2. The van der Waals surface area contributed by atoms with Crippen LogP contribution >= 0.6 is 11.3 Å². The van der Waals surface area contributed by atoms with Gasteiger partial charge in [-0.2, -0.15) is 0 Å². The van der Waals surface area contributed by atoms with Crippen molar-refractivity contribution in [1.82, 2.24) is 14.8 Å². The first-order valence-corrected chi connectivity index (χ1v) is 11.0. The van der Waals surface area contributed by atoms with E-state index in [0.717, 1.165) is 57.5 Å². The molecule has 0 radical (unpaired) electrons. The Balaban J connectivity index is 1.33. The van der Waals surface area contributed by atoms with Crippen LogP contribution in [0.2, 0.25) is 0 Å². The molecule has 2 fully saturated rings. The Bertz CT molecular complexity index is 777. The number of anilines is 2. The minimum absolute atomic E-state index is 0.0776. The molecule has 2 saturated heterocycles. The fourth-order valence-corrected chi connectivity index (χ4v) is 4.76. The molecule has 150 valence electrons. The lowest BCUT2D eigenvalue weighted by Gasteiger charge is -2.36. The predicted molar refractivity (Wildman–Crippen MR) is 116 cm³/mol. The first-order chi connectivity index (χ1) is 13.6. The summed E-state index contributed by atoms with van der Waals surface area (Å²) in [6, 6.07) is 11.1. The van der Waals surface area contributed by atoms with Crippen LogP contribution in [0.15, 0.2) is 35.7 Å². The van der Waals surface area contributed by atoms with Crippen LogP contribution in [0.1, 0.15) is 24.3 Å². The summed E-state index contributed by atoms with van der Waals surface area (Å²) >= 11 is 1.59. The second-order valence-corrected chi connectivity index (χ2v) is 8.58. The molecule has 3 heterocycles. The van der Waals surface area contributed by atoms with E-state index in [0.29, 0.717) is 11.7 Å². The number of piperazine rings is 2. The van der Waals surface area contributed by atoms with E-state index in [9.17, 15) is 4.79 Å². The topological polar surface area (TPSA) is 42.9 Å². The van der Waals surface area contributed by atoms with Crippen molar-refractivity contribution in [3.05, 3.63) is 41.4 Å². The Morgan fingerprint density at radius 3 is 2.21 bits per heavy atom. The molecule has 0 aliphatic carbocycles.